The van der Waals surface area contributed by atoms with Crippen LogP contribution in [0, 0.1) is 5.82 Å². The van der Waals surface area contributed by atoms with Crippen LogP contribution in [0.1, 0.15) is 10.4 Å². The van der Waals surface area contributed by atoms with Gasteiger partial charge >= 0.3 is 5.97 Å². The number of carbonyl (C=O) groups is 2. The van der Waals surface area contributed by atoms with E-state index in [9.17, 15) is 14.0 Å². The lowest BCUT2D eigenvalue weighted by atomic mass is 10.1. The van der Waals surface area contributed by atoms with Crippen LogP contribution in [0.3, 0.4) is 0 Å². The minimum Gasteiger partial charge on any atom is -0.480 e. The molecule has 0 radical (unpaired) electrons. The number of carboxylic acid groups (broad SMARTS) is 1. The molecule has 2 rings (SSSR count). The molecule has 0 spiro atoms. The van der Waals surface area contributed by atoms with Crippen LogP contribution < -0.4 is 0 Å². The number of nitrogens with zero attached hydrogens (tertiary/aromatic N) is 1. The average Bonchev–Trinajstić information content (AvgIpc) is 2.81. The topological polar surface area (TPSA) is 57.6 Å². The molecule has 1 aromatic carbocycles. The van der Waals surface area contributed by atoms with E-state index < -0.39 is 23.7 Å². The van der Waals surface area contributed by atoms with Gasteiger partial charge in [-0.25, -0.2) is 9.18 Å². The third-order valence-electron chi connectivity index (χ3n) is 2.59. The van der Waals surface area contributed by atoms with Gasteiger partial charge in [-0.3, -0.25) is 4.79 Å². The summed E-state index contributed by atoms with van der Waals surface area (Å²) in [5, 5.41) is 8.83. The second-order valence-corrected chi connectivity index (χ2v) is 5.16. The zero-order valence-corrected chi connectivity index (χ0v) is 10.7. The van der Waals surface area contributed by atoms with E-state index in [0.29, 0.717) is 11.6 Å². The molecule has 1 N–H and O–H groups in total. The maximum Gasteiger partial charge on any atom is 0.327 e. The first-order chi connectivity index (χ1) is 8.50. The number of rotatable bonds is 2. The molecule has 0 unspecified atom stereocenters. The number of thioether (sulfide) groups is 1. The molecule has 1 aliphatic rings. The molecule has 96 valence electrons. The lowest BCUT2D eigenvalue weighted by Gasteiger charge is -2.20. The number of halogens is 2. The highest BCUT2D eigenvalue weighted by molar-refractivity contribution is 7.99. The molecular weight excluding hydrogens is 281 g/mol. The molecule has 1 saturated heterocycles. The molecule has 1 aromatic rings. The van der Waals surface area contributed by atoms with Crippen molar-refractivity contribution in [2.75, 3.05) is 11.6 Å². The Morgan fingerprint density at radius 2 is 2.22 bits per heavy atom. The molecule has 0 bridgehead atoms. The van der Waals surface area contributed by atoms with Crippen molar-refractivity contribution in [3.05, 3.63) is 34.6 Å². The maximum atomic E-state index is 13.0. The van der Waals surface area contributed by atoms with E-state index in [1.54, 1.807) is 0 Å². The van der Waals surface area contributed by atoms with Crippen LogP contribution in [0.25, 0.3) is 0 Å². The quantitative estimate of drug-likeness (QED) is 0.905. The summed E-state index contributed by atoms with van der Waals surface area (Å²) >= 11 is 6.96. The van der Waals surface area contributed by atoms with E-state index in [4.69, 9.17) is 16.7 Å². The van der Waals surface area contributed by atoms with Gasteiger partial charge in [-0.1, -0.05) is 11.6 Å². The highest BCUT2D eigenvalue weighted by Gasteiger charge is 2.35. The number of aliphatic carboxylic acids is 1. The second-order valence-electron chi connectivity index (χ2n) is 3.76. The maximum absolute atomic E-state index is 13.0. The molecule has 4 nitrogen and oxygen atoms in total. The van der Waals surface area contributed by atoms with Crippen molar-refractivity contribution in [3.8, 4) is 0 Å². The van der Waals surface area contributed by atoms with Crippen molar-refractivity contribution in [2.24, 2.45) is 0 Å². The molecule has 0 aromatic heterocycles. The van der Waals surface area contributed by atoms with E-state index in [2.05, 4.69) is 0 Å². The van der Waals surface area contributed by atoms with Gasteiger partial charge in [0, 0.05) is 11.3 Å². The molecule has 1 amide bonds. The van der Waals surface area contributed by atoms with Gasteiger partial charge in [-0.2, -0.15) is 0 Å². The van der Waals surface area contributed by atoms with Crippen LogP contribution >= 0.6 is 23.4 Å². The molecule has 1 heterocycles. The van der Waals surface area contributed by atoms with E-state index in [1.807, 2.05) is 0 Å². The van der Waals surface area contributed by atoms with Gasteiger partial charge in [0.25, 0.3) is 5.91 Å². The molecule has 1 atom stereocenters. The summed E-state index contributed by atoms with van der Waals surface area (Å²) in [5.74, 6) is -1.43. The predicted molar refractivity (Wildman–Crippen MR) is 66.3 cm³/mol. The van der Waals surface area contributed by atoms with Gasteiger partial charge in [-0.05, 0) is 18.2 Å². The van der Waals surface area contributed by atoms with Crippen LogP contribution in [-0.2, 0) is 4.79 Å². The number of carboxylic acids is 1. The first kappa shape index (κ1) is 13.2. The van der Waals surface area contributed by atoms with E-state index in [-0.39, 0.29) is 10.6 Å². The molecule has 18 heavy (non-hydrogen) atoms. The fourth-order valence-corrected chi connectivity index (χ4v) is 2.97. The Morgan fingerprint density at radius 1 is 1.50 bits per heavy atom. The minimum atomic E-state index is -1.04. The SMILES string of the molecule is O=C(O)[C@@H]1CSCN1C(=O)c1ccc(F)c(Cl)c1. The van der Waals surface area contributed by atoms with Crippen molar-refractivity contribution in [1.29, 1.82) is 0 Å². The average molecular weight is 290 g/mol. The predicted octanol–water partition coefficient (Wildman–Crippen LogP) is 2.08. The van der Waals surface area contributed by atoms with Crippen LogP contribution in [-0.4, -0.2) is 39.6 Å². The van der Waals surface area contributed by atoms with Gasteiger partial charge in [0.2, 0.25) is 0 Å². The van der Waals surface area contributed by atoms with Crippen LogP contribution in [0.2, 0.25) is 5.02 Å². The summed E-state index contributed by atoms with van der Waals surface area (Å²) < 4.78 is 13.0. The van der Waals surface area contributed by atoms with Gasteiger partial charge in [0.05, 0.1) is 10.9 Å². The number of hydrogen-bond donors (Lipinski definition) is 1. The first-order valence-electron chi connectivity index (χ1n) is 5.07. The van der Waals surface area contributed by atoms with Gasteiger partial charge in [0.15, 0.2) is 0 Å². The number of carbonyl (C=O) groups excluding carboxylic acids is 1. The van der Waals surface area contributed by atoms with E-state index in [1.165, 1.54) is 28.8 Å². The monoisotopic (exact) mass is 289 g/mol. The van der Waals surface area contributed by atoms with Crippen molar-refractivity contribution in [2.45, 2.75) is 6.04 Å². The number of hydrogen-bond acceptors (Lipinski definition) is 3. The Hall–Kier alpha value is -1.27. The molecular formula is C11H9ClFNO3S. The van der Waals surface area contributed by atoms with Crippen LogP contribution in [0.5, 0.6) is 0 Å². The van der Waals surface area contributed by atoms with E-state index in [0.717, 1.165) is 6.07 Å². The lowest BCUT2D eigenvalue weighted by Crippen LogP contribution is -2.41. The third-order valence-corrected chi connectivity index (χ3v) is 3.90. The molecule has 7 heteroatoms. The van der Waals surface area contributed by atoms with Gasteiger partial charge in [0.1, 0.15) is 11.9 Å². The van der Waals surface area contributed by atoms with Crippen molar-refractivity contribution >= 4 is 35.2 Å². The third kappa shape index (κ3) is 2.44. The normalized spacial score (nSPS) is 19.0. The lowest BCUT2D eigenvalue weighted by molar-refractivity contribution is -0.140. The van der Waals surface area contributed by atoms with Crippen LogP contribution in [0.4, 0.5) is 4.39 Å². The van der Waals surface area contributed by atoms with Gasteiger partial charge < -0.3 is 10.0 Å². The first-order valence-corrected chi connectivity index (χ1v) is 6.60. The summed E-state index contributed by atoms with van der Waals surface area (Å²) in [6.45, 7) is 0. The van der Waals surface area contributed by atoms with E-state index >= 15 is 0 Å². The zero-order valence-electron chi connectivity index (χ0n) is 9.10. The molecule has 1 fully saturated rings. The number of amides is 1. The van der Waals surface area contributed by atoms with Crippen LogP contribution in [0.15, 0.2) is 18.2 Å². The highest BCUT2D eigenvalue weighted by atomic mass is 35.5. The molecule has 0 aliphatic carbocycles. The summed E-state index contributed by atoms with van der Waals surface area (Å²) in [5.41, 5.74) is 0.190. The summed E-state index contributed by atoms with van der Waals surface area (Å²) in [6, 6.07) is 2.76. The van der Waals surface area contributed by atoms with Crippen molar-refractivity contribution < 1.29 is 19.1 Å². The summed E-state index contributed by atoms with van der Waals surface area (Å²) in [6.07, 6.45) is 0. The van der Waals surface area contributed by atoms with Crippen molar-refractivity contribution in [1.82, 2.24) is 4.90 Å². The number of benzene rings is 1. The largest absolute Gasteiger partial charge is 0.480 e. The molecule has 1 aliphatic heterocycles. The fraction of sp³-hybridized carbons (Fsp3) is 0.273. The Labute approximate surface area is 112 Å². The van der Waals surface area contributed by atoms with Gasteiger partial charge in [-0.15, -0.1) is 11.8 Å². The Morgan fingerprint density at radius 3 is 2.83 bits per heavy atom. The summed E-state index contributed by atoms with van der Waals surface area (Å²) in [4.78, 5) is 24.3. The Balaban J connectivity index is 2.25. The second kappa shape index (κ2) is 5.16. The molecule has 0 saturated carbocycles. The summed E-state index contributed by atoms with van der Waals surface area (Å²) in [7, 11) is 0. The minimum absolute atomic E-state index is 0.153. The smallest absolute Gasteiger partial charge is 0.327 e. The van der Waals surface area contributed by atoms with Crippen molar-refractivity contribution in [3.63, 3.8) is 0 Å². The highest BCUT2D eigenvalue weighted by Crippen LogP contribution is 2.24. The Bertz CT molecular complexity index is 511. The fourth-order valence-electron chi connectivity index (χ4n) is 1.64. The Kier molecular flexibility index (Phi) is 3.77. The zero-order chi connectivity index (χ0) is 13.3. The standard InChI is InChI=1S/C11H9ClFNO3S/c12-7-3-6(1-2-8(7)13)10(15)14-5-18-4-9(14)11(16)17/h1-3,9H,4-5H2,(H,16,17)/t9-/m0/s1.